The van der Waals surface area contributed by atoms with Gasteiger partial charge in [-0.1, -0.05) is 19.3 Å². The molecule has 1 aliphatic rings. The molecule has 1 rings (SSSR count). The van der Waals surface area contributed by atoms with Gasteiger partial charge in [0.1, 0.15) is 0 Å². The summed E-state index contributed by atoms with van der Waals surface area (Å²) in [4.78, 5) is 0. The Bertz CT molecular complexity index is 104. The van der Waals surface area contributed by atoms with Crippen molar-refractivity contribution in [2.24, 2.45) is 11.8 Å². The fourth-order valence-electron chi connectivity index (χ4n) is 1.06. The summed E-state index contributed by atoms with van der Waals surface area (Å²) in [6.45, 7) is 2.08. The summed E-state index contributed by atoms with van der Waals surface area (Å²) in [6, 6.07) is 0. The fraction of sp³-hybridized carbons (Fsp3) is 0.750. The smallest absolute Gasteiger partial charge is 0.0213 e. The Balaban J connectivity index is 2.26. The molecule has 0 heteroatoms. The molecule has 1 saturated carbocycles. The second-order valence-corrected chi connectivity index (χ2v) is 2.62. The average molecular weight is 107 g/mol. The van der Waals surface area contributed by atoms with E-state index in [1.165, 1.54) is 19.3 Å². The molecule has 0 aromatic rings. The van der Waals surface area contributed by atoms with Gasteiger partial charge >= 0.3 is 0 Å². The summed E-state index contributed by atoms with van der Waals surface area (Å²) in [5.41, 5.74) is 0. The van der Waals surface area contributed by atoms with Crippen molar-refractivity contribution in [3.8, 4) is 5.92 Å². The van der Waals surface area contributed by atoms with E-state index in [1.54, 1.807) is 0 Å². The third kappa shape index (κ3) is 0.865. The Morgan fingerprint density at radius 1 is 1.62 bits per heavy atom. The van der Waals surface area contributed by atoms with Crippen LogP contribution < -0.4 is 0 Å². The maximum absolute atomic E-state index is 6.83. The van der Waals surface area contributed by atoms with Gasteiger partial charge < -0.3 is 0 Å². The van der Waals surface area contributed by atoms with Crippen LogP contribution in [0, 0.1) is 24.2 Å². The van der Waals surface area contributed by atoms with Crippen molar-refractivity contribution in [2.75, 3.05) is 0 Å². The van der Waals surface area contributed by atoms with Crippen molar-refractivity contribution in [3.63, 3.8) is 0 Å². The molecular weight excluding hydrogens is 96.1 g/mol. The van der Waals surface area contributed by atoms with E-state index in [1.807, 2.05) is 0 Å². The first kappa shape index (κ1) is 5.69. The monoisotopic (exact) mass is 107 g/mol. The minimum Gasteiger partial charge on any atom is -0.0857 e. The lowest BCUT2D eigenvalue weighted by molar-refractivity contribution is 0.261. The van der Waals surface area contributed by atoms with Crippen LogP contribution in [0.3, 0.4) is 0 Å². The number of hydrogen-bond acceptors (Lipinski definition) is 0. The van der Waals surface area contributed by atoms with Crippen LogP contribution in [-0.4, -0.2) is 0 Å². The molecule has 1 radical (unpaired) electrons. The maximum atomic E-state index is 6.83. The van der Waals surface area contributed by atoms with E-state index >= 15 is 0 Å². The molecule has 0 N–H and O–H groups in total. The molecular formula is C8H11. The zero-order valence-corrected chi connectivity index (χ0v) is 5.28. The van der Waals surface area contributed by atoms with Gasteiger partial charge in [0.2, 0.25) is 0 Å². The standard InChI is InChI=1S/C8H11/c1-3-7(2)8-5-4-6-8/h7-8H,4-6H2,2H3. The van der Waals surface area contributed by atoms with Crippen LogP contribution in [0.2, 0.25) is 0 Å². The van der Waals surface area contributed by atoms with Crippen LogP contribution in [-0.2, 0) is 0 Å². The fourth-order valence-corrected chi connectivity index (χ4v) is 1.06. The first-order valence-corrected chi connectivity index (χ1v) is 3.27. The van der Waals surface area contributed by atoms with Crippen molar-refractivity contribution < 1.29 is 0 Å². The lowest BCUT2D eigenvalue weighted by Crippen LogP contribution is -2.17. The molecule has 1 aliphatic carbocycles. The second kappa shape index (κ2) is 2.22. The summed E-state index contributed by atoms with van der Waals surface area (Å²) in [6.07, 6.45) is 10.9. The molecule has 0 aromatic carbocycles. The van der Waals surface area contributed by atoms with Crippen molar-refractivity contribution in [2.45, 2.75) is 26.2 Å². The van der Waals surface area contributed by atoms with Gasteiger partial charge in [-0.3, -0.25) is 0 Å². The average Bonchev–Trinajstić information content (AvgIpc) is 1.62. The molecule has 0 saturated heterocycles. The summed E-state index contributed by atoms with van der Waals surface area (Å²) >= 11 is 0. The topological polar surface area (TPSA) is 0 Å². The lowest BCUT2D eigenvalue weighted by Gasteiger charge is -2.27. The quantitative estimate of drug-likeness (QED) is 0.450. The van der Waals surface area contributed by atoms with Crippen molar-refractivity contribution in [1.29, 1.82) is 0 Å². The maximum Gasteiger partial charge on any atom is 0.0213 e. The van der Waals surface area contributed by atoms with E-state index in [0.29, 0.717) is 5.92 Å². The van der Waals surface area contributed by atoms with Crippen molar-refractivity contribution in [1.82, 2.24) is 0 Å². The highest BCUT2D eigenvalue weighted by Crippen LogP contribution is 2.32. The van der Waals surface area contributed by atoms with E-state index in [-0.39, 0.29) is 0 Å². The number of hydrogen-bond donors (Lipinski definition) is 0. The van der Waals surface area contributed by atoms with Crippen LogP contribution >= 0.6 is 0 Å². The SMILES string of the molecule is [C]#CC(C)C1CCC1. The van der Waals surface area contributed by atoms with Crippen LogP contribution in [0.1, 0.15) is 26.2 Å². The minimum atomic E-state index is 0.420. The normalized spacial score (nSPS) is 23.5. The van der Waals surface area contributed by atoms with Crippen molar-refractivity contribution in [3.05, 3.63) is 6.42 Å². The van der Waals surface area contributed by atoms with Gasteiger partial charge in [0.25, 0.3) is 0 Å². The van der Waals surface area contributed by atoms with Gasteiger partial charge in [-0.05, 0) is 25.2 Å². The molecule has 1 atom stereocenters. The van der Waals surface area contributed by atoms with E-state index < -0.39 is 0 Å². The predicted molar refractivity (Wildman–Crippen MR) is 33.6 cm³/mol. The Kier molecular flexibility index (Phi) is 1.58. The van der Waals surface area contributed by atoms with Gasteiger partial charge in [-0.15, -0.1) is 0 Å². The largest absolute Gasteiger partial charge is 0.0857 e. The predicted octanol–water partition coefficient (Wildman–Crippen LogP) is 2.01. The van der Waals surface area contributed by atoms with Crippen LogP contribution in [0.5, 0.6) is 0 Å². The van der Waals surface area contributed by atoms with E-state index in [4.69, 9.17) is 6.42 Å². The Labute approximate surface area is 51.3 Å². The molecule has 0 aliphatic heterocycles. The molecule has 0 spiro atoms. The third-order valence-corrected chi connectivity index (χ3v) is 2.08. The molecule has 0 nitrogen and oxygen atoms in total. The Morgan fingerprint density at radius 2 is 2.25 bits per heavy atom. The molecule has 0 heterocycles. The first-order chi connectivity index (χ1) is 3.84. The second-order valence-electron chi connectivity index (χ2n) is 2.62. The van der Waals surface area contributed by atoms with Gasteiger partial charge in [-0.2, -0.15) is 0 Å². The van der Waals surface area contributed by atoms with Crippen LogP contribution in [0.15, 0.2) is 0 Å². The van der Waals surface area contributed by atoms with Gasteiger partial charge in [-0.25, -0.2) is 0 Å². The highest BCUT2D eigenvalue weighted by Gasteiger charge is 2.21. The van der Waals surface area contributed by atoms with Gasteiger partial charge in [0, 0.05) is 5.92 Å². The minimum absolute atomic E-state index is 0.420. The molecule has 1 unspecified atom stereocenters. The van der Waals surface area contributed by atoms with Gasteiger partial charge in [0.05, 0.1) is 0 Å². The molecule has 43 valence electrons. The highest BCUT2D eigenvalue weighted by molar-refractivity contribution is 4.91. The zero-order valence-electron chi connectivity index (χ0n) is 5.28. The summed E-state index contributed by atoms with van der Waals surface area (Å²) in [7, 11) is 0. The van der Waals surface area contributed by atoms with E-state index in [2.05, 4.69) is 12.8 Å². The van der Waals surface area contributed by atoms with Crippen molar-refractivity contribution >= 4 is 0 Å². The molecule has 1 fully saturated rings. The van der Waals surface area contributed by atoms with Crippen LogP contribution in [0.25, 0.3) is 0 Å². The summed E-state index contributed by atoms with van der Waals surface area (Å²) in [5, 5.41) is 0. The number of rotatable bonds is 1. The third-order valence-electron chi connectivity index (χ3n) is 2.08. The molecule has 0 amide bonds. The van der Waals surface area contributed by atoms with Crippen LogP contribution in [0.4, 0.5) is 0 Å². The summed E-state index contributed by atoms with van der Waals surface area (Å²) < 4.78 is 0. The Hall–Kier alpha value is -0.440. The van der Waals surface area contributed by atoms with E-state index in [9.17, 15) is 0 Å². The lowest BCUT2D eigenvalue weighted by atomic mass is 9.77. The van der Waals surface area contributed by atoms with Gasteiger partial charge in [0.15, 0.2) is 0 Å². The molecule has 0 bridgehead atoms. The highest BCUT2D eigenvalue weighted by atomic mass is 14.3. The molecule has 0 aromatic heterocycles. The Morgan fingerprint density at radius 3 is 2.38 bits per heavy atom. The zero-order chi connectivity index (χ0) is 5.98. The molecule has 8 heavy (non-hydrogen) atoms. The first-order valence-electron chi connectivity index (χ1n) is 3.27. The summed E-state index contributed by atoms with van der Waals surface area (Å²) in [5.74, 6) is 3.74. The van der Waals surface area contributed by atoms with E-state index in [0.717, 1.165) is 5.92 Å².